The van der Waals surface area contributed by atoms with Crippen molar-refractivity contribution in [2.75, 3.05) is 6.61 Å². The molecule has 0 amide bonds. The number of carbonyl (C=O) groups excluding carboxylic acids is 1. The van der Waals surface area contributed by atoms with Crippen LogP contribution in [0.25, 0.3) is 11.1 Å². The van der Waals surface area contributed by atoms with Crippen molar-refractivity contribution in [3.63, 3.8) is 0 Å². The predicted octanol–water partition coefficient (Wildman–Crippen LogP) is 7.82. The van der Waals surface area contributed by atoms with E-state index in [1.54, 1.807) is 6.92 Å². The molecule has 3 aromatic rings. The van der Waals surface area contributed by atoms with Gasteiger partial charge in [-0.15, -0.1) is 0 Å². The second-order valence-corrected chi connectivity index (χ2v) is 8.87. The molecule has 184 valence electrons. The van der Waals surface area contributed by atoms with Gasteiger partial charge in [-0.25, -0.2) is 18.0 Å². The Morgan fingerprint density at radius 2 is 1.51 bits per heavy atom. The highest BCUT2D eigenvalue weighted by Crippen LogP contribution is 2.37. The van der Waals surface area contributed by atoms with Crippen molar-refractivity contribution in [2.24, 2.45) is 5.92 Å². The smallest absolute Gasteiger partial charge is 0.346 e. The molecule has 1 aliphatic carbocycles. The summed E-state index contributed by atoms with van der Waals surface area (Å²) in [6, 6.07) is 11.0. The molecule has 0 aromatic heterocycles. The van der Waals surface area contributed by atoms with Crippen LogP contribution < -0.4 is 9.47 Å². The quantitative estimate of drug-likeness (QED) is 0.202. The summed E-state index contributed by atoms with van der Waals surface area (Å²) < 4.78 is 68.4. The molecule has 3 nitrogen and oxygen atoms in total. The minimum Gasteiger partial charge on any atom is -0.491 e. The van der Waals surface area contributed by atoms with Crippen LogP contribution in [0.1, 0.15) is 61.4 Å². The van der Waals surface area contributed by atoms with Gasteiger partial charge in [0.05, 0.1) is 12.2 Å². The van der Waals surface area contributed by atoms with Gasteiger partial charge in [-0.1, -0.05) is 38.0 Å². The fourth-order valence-electron chi connectivity index (χ4n) is 4.49. The molecule has 35 heavy (non-hydrogen) atoms. The van der Waals surface area contributed by atoms with Crippen LogP contribution in [0.3, 0.4) is 0 Å². The number of ether oxygens (including phenoxy) is 2. The Labute approximate surface area is 201 Å². The molecule has 0 heterocycles. The molecular formula is C28H26F4O3. The maximum absolute atomic E-state index is 14.8. The van der Waals surface area contributed by atoms with Gasteiger partial charge in [-0.05, 0) is 73.1 Å². The maximum Gasteiger partial charge on any atom is 0.346 e. The number of hydrogen-bond acceptors (Lipinski definition) is 3. The van der Waals surface area contributed by atoms with Crippen LogP contribution in [0.5, 0.6) is 11.5 Å². The zero-order valence-corrected chi connectivity index (χ0v) is 19.5. The van der Waals surface area contributed by atoms with Crippen LogP contribution in [0.4, 0.5) is 17.6 Å². The summed E-state index contributed by atoms with van der Waals surface area (Å²) in [5, 5.41) is 0. The first-order valence-electron chi connectivity index (χ1n) is 11.7. The number of carbonyl (C=O) groups is 1. The van der Waals surface area contributed by atoms with E-state index in [9.17, 15) is 22.4 Å². The van der Waals surface area contributed by atoms with Gasteiger partial charge in [-0.2, -0.15) is 4.39 Å². The van der Waals surface area contributed by atoms with Crippen molar-refractivity contribution in [3.8, 4) is 22.6 Å². The van der Waals surface area contributed by atoms with Crippen LogP contribution in [-0.2, 0) is 0 Å². The topological polar surface area (TPSA) is 35.5 Å². The fraction of sp³-hybridized carbons (Fsp3) is 0.321. The molecule has 0 spiro atoms. The lowest BCUT2D eigenvalue weighted by Gasteiger charge is -2.27. The van der Waals surface area contributed by atoms with E-state index in [1.165, 1.54) is 48.5 Å². The molecule has 3 aromatic carbocycles. The van der Waals surface area contributed by atoms with Gasteiger partial charge in [0.15, 0.2) is 23.2 Å². The van der Waals surface area contributed by atoms with E-state index in [1.807, 2.05) is 0 Å². The molecule has 0 saturated heterocycles. The molecule has 0 aliphatic heterocycles. The van der Waals surface area contributed by atoms with Crippen molar-refractivity contribution in [3.05, 3.63) is 82.9 Å². The van der Waals surface area contributed by atoms with E-state index in [0.717, 1.165) is 25.7 Å². The number of rotatable bonds is 6. The average molecular weight is 487 g/mol. The summed E-state index contributed by atoms with van der Waals surface area (Å²) in [6.07, 6.45) is 3.48. The molecule has 0 atom stereocenters. The van der Waals surface area contributed by atoms with Crippen LogP contribution >= 0.6 is 0 Å². The number of esters is 1. The standard InChI is InChI=1S/C28H26F4O3/c1-3-34-23-15-14-21(25(30)27(23)32)18-8-10-19(11-9-18)35-28(33)22-13-12-20(24(29)26(22)31)17-6-4-16(2)5-7-17/h8-17H,3-7H2,1-2H3. The summed E-state index contributed by atoms with van der Waals surface area (Å²) in [5.41, 5.74) is 0.135. The Hall–Kier alpha value is -3.35. The number of hydrogen-bond donors (Lipinski definition) is 0. The van der Waals surface area contributed by atoms with Crippen molar-refractivity contribution < 1.29 is 31.8 Å². The third-order valence-corrected chi connectivity index (χ3v) is 6.51. The molecular weight excluding hydrogens is 460 g/mol. The van der Waals surface area contributed by atoms with E-state index >= 15 is 0 Å². The van der Waals surface area contributed by atoms with E-state index < -0.39 is 34.8 Å². The van der Waals surface area contributed by atoms with Crippen LogP contribution in [0.2, 0.25) is 0 Å². The first-order valence-corrected chi connectivity index (χ1v) is 11.7. The van der Waals surface area contributed by atoms with E-state index in [-0.39, 0.29) is 29.6 Å². The normalized spacial score (nSPS) is 17.8. The van der Waals surface area contributed by atoms with Crippen LogP contribution in [-0.4, -0.2) is 12.6 Å². The monoisotopic (exact) mass is 486 g/mol. The Bertz CT molecular complexity index is 1220. The van der Waals surface area contributed by atoms with E-state index in [0.29, 0.717) is 17.0 Å². The van der Waals surface area contributed by atoms with E-state index in [2.05, 4.69) is 6.92 Å². The van der Waals surface area contributed by atoms with Gasteiger partial charge >= 0.3 is 5.97 Å². The third kappa shape index (κ3) is 5.19. The Morgan fingerprint density at radius 1 is 0.829 bits per heavy atom. The van der Waals surface area contributed by atoms with Crippen molar-refractivity contribution in [1.29, 1.82) is 0 Å². The lowest BCUT2D eigenvalue weighted by Crippen LogP contribution is -2.16. The zero-order chi connectivity index (χ0) is 25.1. The molecule has 0 radical (unpaired) electrons. The highest BCUT2D eigenvalue weighted by molar-refractivity contribution is 5.91. The minimum absolute atomic E-state index is 0.00430. The third-order valence-electron chi connectivity index (χ3n) is 6.51. The lowest BCUT2D eigenvalue weighted by molar-refractivity contribution is 0.0728. The molecule has 1 saturated carbocycles. The zero-order valence-electron chi connectivity index (χ0n) is 19.5. The van der Waals surface area contributed by atoms with Gasteiger partial charge < -0.3 is 9.47 Å². The molecule has 7 heteroatoms. The maximum atomic E-state index is 14.8. The molecule has 4 rings (SSSR count). The lowest BCUT2D eigenvalue weighted by atomic mass is 9.79. The summed E-state index contributed by atoms with van der Waals surface area (Å²) in [5.74, 6) is -5.06. The van der Waals surface area contributed by atoms with Crippen molar-refractivity contribution >= 4 is 5.97 Å². The fourth-order valence-corrected chi connectivity index (χ4v) is 4.49. The minimum atomic E-state index is -1.23. The van der Waals surface area contributed by atoms with Gasteiger partial charge in [0, 0.05) is 5.56 Å². The summed E-state index contributed by atoms with van der Waals surface area (Å²) in [6.45, 7) is 4.01. The highest BCUT2D eigenvalue weighted by atomic mass is 19.2. The Balaban J connectivity index is 1.49. The first-order chi connectivity index (χ1) is 16.8. The SMILES string of the molecule is CCOc1ccc(-c2ccc(OC(=O)c3ccc(C4CCC(C)CC4)c(F)c3F)cc2)c(F)c1F. The molecule has 0 bridgehead atoms. The largest absolute Gasteiger partial charge is 0.491 e. The van der Waals surface area contributed by atoms with Gasteiger partial charge in [-0.3, -0.25) is 0 Å². The molecule has 1 aliphatic rings. The molecule has 1 fully saturated rings. The second-order valence-electron chi connectivity index (χ2n) is 8.87. The van der Waals surface area contributed by atoms with Crippen molar-refractivity contribution in [1.82, 2.24) is 0 Å². The Kier molecular flexibility index (Phi) is 7.43. The molecule has 0 N–H and O–H groups in total. The van der Waals surface area contributed by atoms with Crippen LogP contribution in [0, 0.1) is 29.2 Å². The van der Waals surface area contributed by atoms with Gasteiger partial charge in [0.1, 0.15) is 5.75 Å². The predicted molar refractivity (Wildman–Crippen MR) is 125 cm³/mol. The van der Waals surface area contributed by atoms with Crippen LogP contribution in [0.15, 0.2) is 48.5 Å². The number of halogens is 4. The summed E-state index contributed by atoms with van der Waals surface area (Å²) in [7, 11) is 0. The highest BCUT2D eigenvalue weighted by Gasteiger charge is 2.27. The van der Waals surface area contributed by atoms with Gasteiger partial charge in [0.25, 0.3) is 0 Å². The van der Waals surface area contributed by atoms with Crippen molar-refractivity contribution in [2.45, 2.75) is 45.4 Å². The number of benzene rings is 3. The second kappa shape index (κ2) is 10.5. The summed E-state index contributed by atoms with van der Waals surface area (Å²) >= 11 is 0. The molecule has 0 unspecified atom stereocenters. The Morgan fingerprint density at radius 3 is 2.17 bits per heavy atom. The van der Waals surface area contributed by atoms with Gasteiger partial charge in [0.2, 0.25) is 5.82 Å². The summed E-state index contributed by atoms with van der Waals surface area (Å²) in [4.78, 5) is 12.5. The average Bonchev–Trinajstić information content (AvgIpc) is 2.85. The first kappa shape index (κ1) is 24.8. The van der Waals surface area contributed by atoms with E-state index in [4.69, 9.17) is 9.47 Å².